The number of hydrogen-bond donors (Lipinski definition) is 1. The van der Waals surface area contributed by atoms with E-state index in [9.17, 15) is 14.9 Å². The topological polar surface area (TPSA) is 109 Å². The number of nitrogens with zero attached hydrogens (tertiary/aromatic N) is 3. The highest BCUT2D eigenvalue weighted by Gasteiger charge is 2.46. The van der Waals surface area contributed by atoms with Crippen molar-refractivity contribution in [2.75, 3.05) is 12.0 Å². The fraction of sp³-hybridized carbons (Fsp3) is 0.407. The van der Waals surface area contributed by atoms with E-state index in [0.717, 1.165) is 47.4 Å². The second-order valence-electron chi connectivity index (χ2n) is 10.1. The van der Waals surface area contributed by atoms with E-state index in [2.05, 4.69) is 24.9 Å². The molecule has 0 aromatic carbocycles. The number of aryl methyl sites for hydroxylation is 1. The molecule has 5 rings (SSSR count). The fourth-order valence-corrected chi connectivity index (χ4v) is 7.06. The summed E-state index contributed by atoms with van der Waals surface area (Å²) in [4.78, 5) is 33.9. The first-order chi connectivity index (χ1) is 16.8. The molecule has 2 aromatic rings. The summed E-state index contributed by atoms with van der Waals surface area (Å²) in [7, 11) is 1.38. The molecule has 1 aliphatic heterocycles. The third-order valence-electron chi connectivity index (χ3n) is 7.14. The highest BCUT2D eigenvalue weighted by Crippen LogP contribution is 2.52. The molecule has 3 heterocycles. The number of carbonyl (C=O) groups excluding carboxylic acids is 2. The standard InChI is InChI=1S/C27H28N4O3S/c1-27(2)11-18-23(19(32)12-27)21(15-7-6-10-30-14-15)17(13-28)24(29)31(18)25-22(26(33)34-3)16-8-4-5-9-20(16)35-25/h6-7,10,14,21H,4-5,8-9,11-12,29H2,1-3H3/t21-/m1/s1. The van der Waals surface area contributed by atoms with E-state index in [-0.39, 0.29) is 17.0 Å². The smallest absolute Gasteiger partial charge is 0.341 e. The molecule has 0 radical (unpaired) electrons. The van der Waals surface area contributed by atoms with Gasteiger partial charge in [-0.25, -0.2) is 4.79 Å². The van der Waals surface area contributed by atoms with Crippen molar-refractivity contribution >= 4 is 28.1 Å². The zero-order valence-electron chi connectivity index (χ0n) is 20.2. The summed E-state index contributed by atoms with van der Waals surface area (Å²) in [5.41, 5.74) is 10.4. The Labute approximate surface area is 208 Å². The minimum absolute atomic E-state index is 0.00343. The lowest BCUT2D eigenvalue weighted by atomic mass is 9.69. The van der Waals surface area contributed by atoms with E-state index in [0.29, 0.717) is 34.6 Å². The zero-order chi connectivity index (χ0) is 24.9. The molecule has 35 heavy (non-hydrogen) atoms. The number of hydrogen-bond acceptors (Lipinski definition) is 8. The number of pyridine rings is 1. The number of ketones is 1. The van der Waals surface area contributed by atoms with Gasteiger partial charge in [0.1, 0.15) is 10.8 Å². The van der Waals surface area contributed by atoms with Gasteiger partial charge in [0.2, 0.25) is 0 Å². The van der Waals surface area contributed by atoms with Crippen molar-refractivity contribution in [1.29, 1.82) is 5.26 Å². The van der Waals surface area contributed by atoms with Crippen LogP contribution in [0.25, 0.3) is 0 Å². The predicted molar refractivity (Wildman–Crippen MR) is 134 cm³/mol. The number of methoxy groups -OCH3 is 1. The lowest BCUT2D eigenvalue weighted by Gasteiger charge is -2.43. The number of allylic oxidation sites excluding steroid dienone is 3. The average Bonchev–Trinajstić information content (AvgIpc) is 3.21. The maximum Gasteiger partial charge on any atom is 0.341 e. The number of rotatable bonds is 3. The summed E-state index contributed by atoms with van der Waals surface area (Å²) < 4.78 is 5.20. The number of nitriles is 1. The van der Waals surface area contributed by atoms with E-state index in [1.165, 1.54) is 18.4 Å². The van der Waals surface area contributed by atoms with Gasteiger partial charge in [-0.1, -0.05) is 19.9 Å². The SMILES string of the molecule is COC(=O)c1c(N2C(N)=C(C#N)[C@@H](c3cccnc3)C3=C2CC(C)(C)CC3=O)sc2c1CCCC2. The van der Waals surface area contributed by atoms with Crippen molar-refractivity contribution in [3.8, 4) is 6.07 Å². The molecule has 0 saturated heterocycles. The molecule has 0 spiro atoms. The van der Waals surface area contributed by atoms with E-state index >= 15 is 0 Å². The van der Waals surface area contributed by atoms with Crippen molar-refractivity contribution in [1.82, 2.24) is 4.98 Å². The molecule has 0 amide bonds. The van der Waals surface area contributed by atoms with E-state index in [4.69, 9.17) is 10.5 Å². The largest absolute Gasteiger partial charge is 0.465 e. The molecule has 8 heteroatoms. The Morgan fingerprint density at radius 1 is 1.31 bits per heavy atom. The summed E-state index contributed by atoms with van der Waals surface area (Å²) in [5, 5.41) is 10.9. The number of ether oxygens (including phenoxy) is 1. The molecule has 0 unspecified atom stereocenters. The van der Waals surface area contributed by atoms with Crippen LogP contribution in [0.3, 0.4) is 0 Å². The highest BCUT2D eigenvalue weighted by atomic mass is 32.1. The van der Waals surface area contributed by atoms with Crippen LogP contribution in [0.4, 0.5) is 5.00 Å². The monoisotopic (exact) mass is 488 g/mol. The van der Waals surface area contributed by atoms with Gasteiger partial charge in [0.25, 0.3) is 0 Å². The van der Waals surface area contributed by atoms with Gasteiger partial charge in [-0.05, 0) is 54.7 Å². The number of thiophene rings is 1. The van der Waals surface area contributed by atoms with Crippen molar-refractivity contribution in [2.45, 2.75) is 58.3 Å². The number of carbonyl (C=O) groups is 2. The third-order valence-corrected chi connectivity index (χ3v) is 8.42. The molecule has 2 aromatic heterocycles. The van der Waals surface area contributed by atoms with Crippen molar-refractivity contribution in [3.63, 3.8) is 0 Å². The van der Waals surface area contributed by atoms with Crippen LogP contribution in [-0.4, -0.2) is 23.8 Å². The second kappa shape index (κ2) is 8.65. The van der Waals surface area contributed by atoms with E-state index in [1.54, 1.807) is 18.5 Å². The Kier molecular flexibility index (Phi) is 5.76. The molecule has 2 aliphatic carbocycles. The molecule has 2 N–H and O–H groups in total. The first kappa shape index (κ1) is 23.3. The highest BCUT2D eigenvalue weighted by molar-refractivity contribution is 7.16. The van der Waals surface area contributed by atoms with Gasteiger partial charge in [-0.3, -0.25) is 14.7 Å². The lowest BCUT2D eigenvalue weighted by molar-refractivity contribution is -0.118. The minimum atomic E-state index is -0.584. The summed E-state index contributed by atoms with van der Waals surface area (Å²) >= 11 is 1.53. The van der Waals surface area contributed by atoms with Crippen molar-refractivity contribution in [3.05, 3.63) is 68.8 Å². The molecule has 180 valence electrons. The Balaban J connectivity index is 1.81. The van der Waals surface area contributed by atoms with Crippen LogP contribution in [0.15, 0.2) is 47.2 Å². The predicted octanol–water partition coefficient (Wildman–Crippen LogP) is 4.75. The van der Waals surface area contributed by atoms with Gasteiger partial charge in [-0.2, -0.15) is 5.26 Å². The first-order valence-electron chi connectivity index (χ1n) is 11.9. The van der Waals surface area contributed by atoms with Crippen molar-refractivity contribution < 1.29 is 14.3 Å². The Morgan fingerprint density at radius 2 is 2.09 bits per heavy atom. The molecular weight excluding hydrogens is 460 g/mol. The fourth-order valence-electron chi connectivity index (χ4n) is 5.64. The van der Waals surface area contributed by atoms with Crippen LogP contribution >= 0.6 is 11.3 Å². The van der Waals surface area contributed by atoms with Gasteiger partial charge >= 0.3 is 5.97 Å². The molecule has 1 atom stereocenters. The molecule has 0 saturated carbocycles. The zero-order valence-corrected chi connectivity index (χ0v) is 21.0. The number of anilines is 1. The van der Waals surface area contributed by atoms with Crippen LogP contribution in [0.2, 0.25) is 0 Å². The quantitative estimate of drug-likeness (QED) is 0.621. The maximum atomic E-state index is 13.7. The van der Waals surface area contributed by atoms with Crippen LogP contribution < -0.4 is 10.6 Å². The molecule has 7 nitrogen and oxygen atoms in total. The minimum Gasteiger partial charge on any atom is -0.465 e. The summed E-state index contributed by atoms with van der Waals surface area (Å²) in [6.45, 7) is 4.12. The lowest BCUT2D eigenvalue weighted by Crippen LogP contribution is -2.42. The van der Waals surface area contributed by atoms with Crippen LogP contribution in [0.5, 0.6) is 0 Å². The Bertz CT molecular complexity index is 1330. The van der Waals surface area contributed by atoms with Crippen LogP contribution in [0, 0.1) is 16.7 Å². The summed E-state index contributed by atoms with van der Waals surface area (Å²) in [5.74, 6) is -0.742. The van der Waals surface area contributed by atoms with Gasteiger partial charge in [0, 0.05) is 35.0 Å². The number of Topliss-reactive ketones (excluding diaryl/α,β-unsaturated/α-hetero) is 1. The van der Waals surface area contributed by atoms with Crippen LogP contribution in [-0.2, 0) is 22.4 Å². The van der Waals surface area contributed by atoms with E-state index < -0.39 is 11.9 Å². The summed E-state index contributed by atoms with van der Waals surface area (Å²) in [6, 6.07) is 5.96. The van der Waals surface area contributed by atoms with Crippen molar-refractivity contribution in [2.24, 2.45) is 11.1 Å². The second-order valence-corrected chi connectivity index (χ2v) is 11.2. The van der Waals surface area contributed by atoms with Gasteiger partial charge < -0.3 is 10.5 Å². The molecule has 0 fully saturated rings. The van der Waals surface area contributed by atoms with Gasteiger partial charge in [0.05, 0.1) is 30.2 Å². The first-order valence-corrected chi connectivity index (χ1v) is 12.7. The summed E-state index contributed by atoms with van der Waals surface area (Å²) in [6.07, 6.45) is 8.07. The number of fused-ring (bicyclic) bond motifs is 1. The van der Waals surface area contributed by atoms with Crippen LogP contribution in [0.1, 0.15) is 71.8 Å². The third kappa shape index (κ3) is 3.75. The molecule has 3 aliphatic rings. The maximum absolute atomic E-state index is 13.7. The Morgan fingerprint density at radius 3 is 2.77 bits per heavy atom. The Hall–Kier alpha value is -3.44. The molecular formula is C27H28N4O3S. The number of nitrogens with two attached hydrogens (primary N) is 1. The normalized spacial score (nSPS) is 21.4. The molecule has 0 bridgehead atoms. The van der Waals surface area contributed by atoms with Gasteiger partial charge in [-0.15, -0.1) is 11.3 Å². The van der Waals surface area contributed by atoms with Gasteiger partial charge in [0.15, 0.2) is 5.78 Å². The number of esters is 1. The van der Waals surface area contributed by atoms with E-state index in [1.807, 2.05) is 11.0 Å². The number of aromatic nitrogens is 1. The average molecular weight is 489 g/mol.